The summed E-state index contributed by atoms with van der Waals surface area (Å²) in [5.74, 6) is -0.589. The zero-order valence-corrected chi connectivity index (χ0v) is 17.2. The lowest BCUT2D eigenvalue weighted by Crippen LogP contribution is -2.18. The maximum atomic E-state index is 12.4. The smallest absolute Gasteiger partial charge is 0.349 e. The van der Waals surface area contributed by atoms with Gasteiger partial charge in [-0.1, -0.05) is 23.2 Å². The summed E-state index contributed by atoms with van der Waals surface area (Å²) in [6.45, 7) is -0.396. The van der Waals surface area contributed by atoms with Gasteiger partial charge in [0.2, 0.25) is 0 Å². The van der Waals surface area contributed by atoms with Crippen LogP contribution in [0, 0.1) is 10.1 Å². The molecule has 3 rings (SSSR count). The summed E-state index contributed by atoms with van der Waals surface area (Å²) >= 11 is 11.9. The first kappa shape index (κ1) is 22.1. The third kappa shape index (κ3) is 6.18. The first-order chi connectivity index (χ1) is 14.8. The Balaban J connectivity index is 1.53. The van der Waals surface area contributed by atoms with Gasteiger partial charge in [0.05, 0.1) is 15.6 Å². The number of nitro groups is 1. The van der Waals surface area contributed by atoms with Crippen molar-refractivity contribution in [2.24, 2.45) is 0 Å². The Morgan fingerprint density at radius 2 is 1.58 bits per heavy atom. The molecule has 0 unspecified atom stereocenters. The summed E-state index contributed by atoms with van der Waals surface area (Å²) in [4.78, 5) is 34.4. The molecular weight excluding hydrogens is 447 g/mol. The van der Waals surface area contributed by atoms with Gasteiger partial charge in [-0.25, -0.2) is 4.79 Å². The van der Waals surface area contributed by atoms with Gasteiger partial charge in [0.15, 0.2) is 6.61 Å². The molecule has 0 atom stereocenters. The average Bonchev–Trinajstić information content (AvgIpc) is 2.75. The SMILES string of the molecule is O=C(COc1ccc([N+](=O)[O-])cc1)Oc1ccc(C(=O)Nc2cc(Cl)ccc2Cl)cc1. The highest BCUT2D eigenvalue weighted by Crippen LogP contribution is 2.26. The quantitative estimate of drug-likeness (QED) is 0.226. The lowest BCUT2D eigenvalue weighted by atomic mass is 10.2. The maximum Gasteiger partial charge on any atom is 0.349 e. The third-order valence-electron chi connectivity index (χ3n) is 3.93. The van der Waals surface area contributed by atoms with Crippen LogP contribution in [0.1, 0.15) is 10.4 Å². The topological polar surface area (TPSA) is 108 Å². The fourth-order valence-corrected chi connectivity index (χ4v) is 2.77. The summed E-state index contributed by atoms with van der Waals surface area (Å²) in [5.41, 5.74) is 0.604. The predicted molar refractivity (Wildman–Crippen MR) is 115 cm³/mol. The Kier molecular flexibility index (Phi) is 7.07. The molecule has 0 spiro atoms. The van der Waals surface area contributed by atoms with Crippen molar-refractivity contribution in [2.45, 2.75) is 0 Å². The second-order valence-corrected chi connectivity index (χ2v) is 6.96. The minimum atomic E-state index is -0.679. The summed E-state index contributed by atoms with van der Waals surface area (Å²) in [6.07, 6.45) is 0. The van der Waals surface area contributed by atoms with E-state index in [2.05, 4.69) is 5.32 Å². The van der Waals surface area contributed by atoms with Gasteiger partial charge in [0.25, 0.3) is 11.6 Å². The molecule has 31 heavy (non-hydrogen) atoms. The molecular formula is C21H14Cl2N2O6. The third-order valence-corrected chi connectivity index (χ3v) is 4.49. The monoisotopic (exact) mass is 460 g/mol. The van der Waals surface area contributed by atoms with Crippen LogP contribution in [0.4, 0.5) is 11.4 Å². The summed E-state index contributed by atoms with van der Waals surface area (Å²) in [7, 11) is 0. The molecule has 0 saturated heterocycles. The average molecular weight is 461 g/mol. The highest BCUT2D eigenvalue weighted by Gasteiger charge is 2.12. The van der Waals surface area contributed by atoms with Crippen LogP contribution < -0.4 is 14.8 Å². The van der Waals surface area contributed by atoms with Crippen molar-refractivity contribution in [1.82, 2.24) is 0 Å². The van der Waals surface area contributed by atoms with Crippen molar-refractivity contribution in [3.63, 3.8) is 0 Å². The number of carbonyl (C=O) groups excluding carboxylic acids is 2. The predicted octanol–water partition coefficient (Wildman–Crippen LogP) is 5.14. The Hall–Kier alpha value is -3.62. The number of anilines is 1. The van der Waals surface area contributed by atoms with E-state index < -0.39 is 23.4 Å². The van der Waals surface area contributed by atoms with Gasteiger partial charge < -0.3 is 14.8 Å². The van der Waals surface area contributed by atoms with Gasteiger partial charge >= 0.3 is 5.97 Å². The highest BCUT2D eigenvalue weighted by molar-refractivity contribution is 6.35. The number of nitrogens with one attached hydrogen (secondary N) is 1. The van der Waals surface area contributed by atoms with Crippen molar-refractivity contribution in [3.05, 3.63) is 92.5 Å². The molecule has 1 amide bonds. The Morgan fingerprint density at radius 3 is 2.23 bits per heavy atom. The molecule has 0 aliphatic carbocycles. The van der Waals surface area contributed by atoms with Crippen LogP contribution in [0.5, 0.6) is 11.5 Å². The fraction of sp³-hybridized carbons (Fsp3) is 0.0476. The molecule has 0 bridgehead atoms. The normalized spacial score (nSPS) is 10.3. The molecule has 158 valence electrons. The van der Waals surface area contributed by atoms with Crippen molar-refractivity contribution in [2.75, 3.05) is 11.9 Å². The van der Waals surface area contributed by atoms with E-state index in [0.29, 0.717) is 21.3 Å². The number of halogens is 2. The van der Waals surface area contributed by atoms with Crippen LogP contribution in [0.3, 0.4) is 0 Å². The molecule has 0 saturated carbocycles. The molecule has 10 heteroatoms. The molecule has 0 radical (unpaired) electrons. The fourth-order valence-electron chi connectivity index (χ4n) is 2.43. The van der Waals surface area contributed by atoms with Crippen LogP contribution in [-0.4, -0.2) is 23.4 Å². The van der Waals surface area contributed by atoms with Gasteiger partial charge in [0, 0.05) is 22.7 Å². The van der Waals surface area contributed by atoms with E-state index in [1.165, 1.54) is 54.6 Å². The number of hydrogen-bond acceptors (Lipinski definition) is 6. The number of non-ortho nitro benzene ring substituents is 1. The molecule has 0 aliphatic heterocycles. The van der Waals surface area contributed by atoms with Gasteiger partial charge in [0.1, 0.15) is 11.5 Å². The summed E-state index contributed by atoms with van der Waals surface area (Å²) in [5, 5.41) is 14.0. The Bertz CT molecular complexity index is 1120. The molecule has 3 aromatic carbocycles. The van der Waals surface area contributed by atoms with E-state index in [-0.39, 0.29) is 17.2 Å². The number of hydrogen-bond donors (Lipinski definition) is 1. The van der Waals surface area contributed by atoms with E-state index >= 15 is 0 Å². The van der Waals surface area contributed by atoms with E-state index in [9.17, 15) is 19.7 Å². The Morgan fingerprint density at radius 1 is 0.935 bits per heavy atom. The van der Waals surface area contributed by atoms with Crippen LogP contribution in [-0.2, 0) is 4.79 Å². The van der Waals surface area contributed by atoms with Crippen LogP contribution in [0.2, 0.25) is 10.0 Å². The number of esters is 1. The van der Waals surface area contributed by atoms with Crippen molar-refractivity contribution >= 4 is 46.5 Å². The van der Waals surface area contributed by atoms with E-state index in [1.807, 2.05) is 0 Å². The number of carbonyl (C=O) groups is 2. The van der Waals surface area contributed by atoms with Crippen LogP contribution in [0.25, 0.3) is 0 Å². The molecule has 0 fully saturated rings. The largest absolute Gasteiger partial charge is 0.482 e. The zero-order chi connectivity index (χ0) is 22.4. The summed E-state index contributed by atoms with van der Waals surface area (Å²) < 4.78 is 10.4. The van der Waals surface area contributed by atoms with E-state index in [0.717, 1.165) is 0 Å². The van der Waals surface area contributed by atoms with Gasteiger partial charge in [-0.2, -0.15) is 0 Å². The first-order valence-corrected chi connectivity index (χ1v) is 9.52. The van der Waals surface area contributed by atoms with Crippen LogP contribution in [0.15, 0.2) is 66.7 Å². The Labute approximate surface area is 186 Å². The van der Waals surface area contributed by atoms with Gasteiger partial charge in [-0.15, -0.1) is 0 Å². The number of amides is 1. The standard InChI is InChI=1S/C21H14Cl2N2O6/c22-14-3-10-18(23)19(11-14)24-21(27)13-1-6-17(7-2-13)31-20(26)12-30-16-8-4-15(5-9-16)25(28)29/h1-11H,12H2,(H,24,27). The lowest BCUT2D eigenvalue weighted by molar-refractivity contribution is -0.384. The first-order valence-electron chi connectivity index (χ1n) is 8.76. The maximum absolute atomic E-state index is 12.4. The second-order valence-electron chi connectivity index (χ2n) is 6.12. The molecule has 0 aliphatic rings. The van der Waals surface area contributed by atoms with Crippen molar-refractivity contribution < 1.29 is 24.0 Å². The molecule has 8 nitrogen and oxygen atoms in total. The molecule has 3 aromatic rings. The molecule has 0 aromatic heterocycles. The minimum Gasteiger partial charge on any atom is -0.482 e. The molecule has 1 N–H and O–H groups in total. The zero-order valence-electron chi connectivity index (χ0n) is 15.7. The van der Waals surface area contributed by atoms with E-state index in [4.69, 9.17) is 32.7 Å². The minimum absolute atomic E-state index is 0.0864. The lowest BCUT2D eigenvalue weighted by Gasteiger charge is -2.09. The summed E-state index contributed by atoms with van der Waals surface area (Å²) in [6, 6.07) is 15.9. The van der Waals surface area contributed by atoms with E-state index in [1.54, 1.807) is 12.1 Å². The van der Waals surface area contributed by atoms with Crippen LogP contribution >= 0.6 is 23.2 Å². The highest BCUT2D eigenvalue weighted by atomic mass is 35.5. The number of nitrogens with zero attached hydrogens (tertiary/aromatic N) is 1. The number of rotatable bonds is 7. The van der Waals surface area contributed by atoms with Crippen molar-refractivity contribution in [1.29, 1.82) is 0 Å². The molecule has 0 heterocycles. The second kappa shape index (κ2) is 9.92. The number of benzene rings is 3. The van der Waals surface area contributed by atoms with Gasteiger partial charge in [-0.3, -0.25) is 14.9 Å². The van der Waals surface area contributed by atoms with Crippen molar-refractivity contribution in [3.8, 4) is 11.5 Å². The number of nitro benzene ring substituents is 1. The number of ether oxygens (including phenoxy) is 2. The van der Waals surface area contributed by atoms with Gasteiger partial charge in [-0.05, 0) is 54.6 Å².